The highest BCUT2D eigenvalue weighted by molar-refractivity contribution is 5.91. The van der Waals surface area contributed by atoms with E-state index in [2.05, 4.69) is 0 Å². The van der Waals surface area contributed by atoms with Gasteiger partial charge in [0.1, 0.15) is 18.1 Å². The summed E-state index contributed by atoms with van der Waals surface area (Å²) < 4.78 is 62.4. The zero-order chi connectivity index (χ0) is 26.2. The Morgan fingerprint density at radius 2 is 1.47 bits per heavy atom. The summed E-state index contributed by atoms with van der Waals surface area (Å²) in [6.45, 7) is 3.79. The number of carbonyl (C=O) groups is 2. The third kappa shape index (κ3) is 12.4. The maximum atomic E-state index is 12.3. The van der Waals surface area contributed by atoms with Crippen molar-refractivity contribution in [1.29, 1.82) is 0 Å². The minimum Gasteiger partial charge on any atom is -0.494 e. The topological polar surface area (TPSA) is 80.3 Å². The lowest BCUT2D eigenvalue weighted by molar-refractivity contribution is -0.139. The van der Waals surface area contributed by atoms with Crippen LogP contribution in [0, 0.1) is 0 Å². The van der Waals surface area contributed by atoms with E-state index in [1.165, 1.54) is 30.3 Å². The van der Waals surface area contributed by atoms with Crippen LogP contribution >= 0.6 is 0 Å². The van der Waals surface area contributed by atoms with Gasteiger partial charge in [0.2, 0.25) is 0 Å². The number of benzene rings is 2. The zero-order valence-corrected chi connectivity index (χ0v) is 19.9. The summed E-state index contributed by atoms with van der Waals surface area (Å²) in [7, 11) is 0. The average Bonchev–Trinajstić information content (AvgIpc) is 2.85. The number of carbonyl (C=O) groups excluding carboxylic acids is 2. The summed E-state index contributed by atoms with van der Waals surface area (Å²) >= 11 is 0. The lowest BCUT2D eigenvalue weighted by Gasteiger charge is -2.09. The molecule has 0 atom stereocenters. The first-order valence-electron chi connectivity index (χ1n) is 11.4. The van der Waals surface area contributed by atoms with Crippen molar-refractivity contribution in [2.45, 2.75) is 25.9 Å². The Hall–Kier alpha value is -3.37. The van der Waals surface area contributed by atoms with Gasteiger partial charge in [-0.25, -0.2) is 9.59 Å². The van der Waals surface area contributed by atoms with Crippen LogP contribution in [0.5, 0.6) is 11.5 Å². The first-order valence-corrected chi connectivity index (χ1v) is 11.4. The van der Waals surface area contributed by atoms with Crippen LogP contribution in [0.25, 0.3) is 6.08 Å². The maximum absolute atomic E-state index is 12.3. The molecule has 0 spiro atoms. The van der Waals surface area contributed by atoms with Gasteiger partial charge in [-0.1, -0.05) is 12.1 Å². The van der Waals surface area contributed by atoms with Crippen LogP contribution in [0.4, 0.5) is 13.2 Å². The molecule has 0 fully saturated rings. The van der Waals surface area contributed by atoms with Crippen LogP contribution in [0.1, 0.15) is 35.7 Å². The highest BCUT2D eigenvalue weighted by Gasteiger charge is 2.26. The molecule has 0 aliphatic rings. The van der Waals surface area contributed by atoms with E-state index in [4.69, 9.17) is 23.7 Å². The number of halogens is 3. The van der Waals surface area contributed by atoms with E-state index in [9.17, 15) is 22.8 Å². The number of ether oxygens (including phenoxy) is 5. The summed E-state index contributed by atoms with van der Waals surface area (Å²) in [5.74, 6) is -0.449. The molecule has 0 aliphatic carbocycles. The second-order valence-electron chi connectivity index (χ2n) is 7.36. The molecule has 0 radical (unpaired) electrons. The molecule has 0 aliphatic heterocycles. The number of rotatable bonds is 15. The van der Waals surface area contributed by atoms with Crippen molar-refractivity contribution in [2.24, 2.45) is 0 Å². The van der Waals surface area contributed by atoms with Crippen LogP contribution in [0.3, 0.4) is 0 Å². The molecule has 7 nitrogen and oxygen atoms in total. The van der Waals surface area contributed by atoms with Crippen molar-refractivity contribution >= 4 is 18.0 Å². The molecule has 2 aromatic carbocycles. The number of hydrogen-bond acceptors (Lipinski definition) is 7. The minimum atomic E-state index is -4.21. The number of hydrogen-bond donors (Lipinski definition) is 0. The minimum absolute atomic E-state index is 0.0782. The molecule has 2 aromatic rings. The van der Waals surface area contributed by atoms with E-state index in [1.807, 2.05) is 6.92 Å². The first kappa shape index (κ1) is 28.9. The van der Waals surface area contributed by atoms with Gasteiger partial charge >= 0.3 is 18.1 Å². The maximum Gasteiger partial charge on any atom is 0.389 e. The molecule has 36 heavy (non-hydrogen) atoms. The number of alkyl halides is 3. The molecule has 0 saturated carbocycles. The van der Waals surface area contributed by atoms with Crippen LogP contribution in [0.15, 0.2) is 54.6 Å². The van der Waals surface area contributed by atoms with Crippen LogP contribution < -0.4 is 9.47 Å². The van der Waals surface area contributed by atoms with Crippen molar-refractivity contribution in [2.75, 3.05) is 39.6 Å². The Kier molecular flexibility index (Phi) is 12.5. The molecule has 2 rings (SSSR count). The Morgan fingerprint density at radius 3 is 2.14 bits per heavy atom. The van der Waals surface area contributed by atoms with Gasteiger partial charge < -0.3 is 23.7 Å². The summed E-state index contributed by atoms with van der Waals surface area (Å²) in [5.41, 5.74) is 0.956. The molecule has 0 aromatic heterocycles. The summed E-state index contributed by atoms with van der Waals surface area (Å²) in [6, 6.07) is 12.4. The first-order chi connectivity index (χ1) is 17.3. The Balaban J connectivity index is 1.72. The Labute approximate surface area is 207 Å². The molecule has 10 heteroatoms. The second kappa shape index (κ2) is 15.6. The van der Waals surface area contributed by atoms with E-state index >= 15 is 0 Å². The normalized spacial score (nSPS) is 11.4. The monoisotopic (exact) mass is 510 g/mol. The SMILES string of the molecule is CCOCCOCCOC(=O)C=Cc1ccc(OC(=O)c2ccc(OCCCC(F)(F)F)cc2)cc1. The predicted molar refractivity (Wildman–Crippen MR) is 126 cm³/mol. The predicted octanol–water partition coefficient (Wildman–Crippen LogP) is 5.24. The lowest BCUT2D eigenvalue weighted by Crippen LogP contribution is -2.11. The fourth-order valence-electron chi connectivity index (χ4n) is 2.74. The van der Waals surface area contributed by atoms with Gasteiger partial charge in [-0.15, -0.1) is 0 Å². The largest absolute Gasteiger partial charge is 0.494 e. The number of esters is 2. The van der Waals surface area contributed by atoms with Gasteiger partial charge in [0, 0.05) is 19.1 Å². The van der Waals surface area contributed by atoms with Gasteiger partial charge in [-0.2, -0.15) is 13.2 Å². The van der Waals surface area contributed by atoms with E-state index in [0.717, 1.165) is 0 Å². The molecular weight excluding hydrogens is 481 g/mol. The van der Waals surface area contributed by atoms with Crippen molar-refractivity contribution in [3.05, 3.63) is 65.7 Å². The molecule has 0 amide bonds. The molecule has 196 valence electrons. The Morgan fingerprint density at radius 1 is 0.833 bits per heavy atom. The summed E-state index contributed by atoms with van der Waals surface area (Å²) in [5, 5.41) is 0. The summed E-state index contributed by atoms with van der Waals surface area (Å²) in [4.78, 5) is 24.1. The lowest BCUT2D eigenvalue weighted by atomic mass is 10.2. The third-order valence-corrected chi connectivity index (χ3v) is 4.51. The molecule has 0 heterocycles. The van der Waals surface area contributed by atoms with Gasteiger partial charge in [-0.3, -0.25) is 0 Å². The fraction of sp³-hybridized carbons (Fsp3) is 0.385. The highest BCUT2D eigenvalue weighted by Crippen LogP contribution is 2.22. The molecule has 0 bridgehead atoms. The molecular formula is C26H29F3O7. The average molecular weight is 511 g/mol. The van der Waals surface area contributed by atoms with Gasteiger partial charge in [0.05, 0.1) is 32.0 Å². The Bertz CT molecular complexity index is 955. The van der Waals surface area contributed by atoms with Gasteiger partial charge in [-0.05, 0) is 61.4 Å². The molecule has 0 saturated heterocycles. The third-order valence-electron chi connectivity index (χ3n) is 4.51. The van der Waals surface area contributed by atoms with Gasteiger partial charge in [0.15, 0.2) is 0 Å². The zero-order valence-electron chi connectivity index (χ0n) is 19.9. The van der Waals surface area contributed by atoms with E-state index in [-0.39, 0.29) is 31.8 Å². The van der Waals surface area contributed by atoms with Crippen molar-refractivity contribution < 1.29 is 46.4 Å². The standard InChI is InChI=1S/C26H29F3O7/c1-2-32-16-17-33-18-19-35-24(30)13-6-20-4-9-23(10-5-20)36-25(31)21-7-11-22(12-8-21)34-15-3-14-26(27,28)29/h4-13H,2-3,14-19H2,1H3. The smallest absolute Gasteiger partial charge is 0.389 e. The molecule has 0 unspecified atom stereocenters. The van der Waals surface area contributed by atoms with E-state index < -0.39 is 24.5 Å². The van der Waals surface area contributed by atoms with Crippen molar-refractivity contribution in [1.82, 2.24) is 0 Å². The van der Waals surface area contributed by atoms with Crippen molar-refractivity contribution in [3.63, 3.8) is 0 Å². The summed E-state index contributed by atoms with van der Waals surface area (Å²) in [6.07, 6.45) is -2.42. The van der Waals surface area contributed by atoms with Crippen LogP contribution in [-0.4, -0.2) is 57.8 Å². The fourth-order valence-corrected chi connectivity index (χ4v) is 2.74. The second-order valence-corrected chi connectivity index (χ2v) is 7.36. The highest BCUT2D eigenvalue weighted by atomic mass is 19.4. The van der Waals surface area contributed by atoms with E-state index in [1.54, 1.807) is 30.3 Å². The molecule has 0 N–H and O–H groups in total. The van der Waals surface area contributed by atoms with Crippen LogP contribution in [0.2, 0.25) is 0 Å². The van der Waals surface area contributed by atoms with Crippen LogP contribution in [-0.2, 0) is 19.0 Å². The van der Waals surface area contributed by atoms with Gasteiger partial charge in [0.25, 0.3) is 0 Å². The quantitative estimate of drug-likeness (QED) is 0.140. The van der Waals surface area contributed by atoms with E-state index in [0.29, 0.717) is 36.9 Å². The van der Waals surface area contributed by atoms with Crippen molar-refractivity contribution in [3.8, 4) is 11.5 Å².